The summed E-state index contributed by atoms with van der Waals surface area (Å²) in [6.45, 7) is 4.49. The summed E-state index contributed by atoms with van der Waals surface area (Å²) >= 11 is 0. The maximum absolute atomic E-state index is 7.47. The molecular weight excluding hydrogens is 564 g/mol. The maximum atomic E-state index is 7.47. The molecule has 3 aliphatic rings. The Morgan fingerprint density at radius 1 is 0.587 bits per heavy atom. The van der Waals surface area contributed by atoms with Crippen LogP contribution in [-0.2, 0) is 5.60 Å². The van der Waals surface area contributed by atoms with Gasteiger partial charge in [-0.3, -0.25) is 0 Å². The van der Waals surface area contributed by atoms with Crippen LogP contribution in [0.4, 0.5) is 11.4 Å². The molecule has 0 atom stereocenters. The molecule has 3 aliphatic heterocycles. The normalized spacial score (nSPS) is 17.6. The second-order valence-electron chi connectivity index (χ2n) is 13.0. The summed E-state index contributed by atoms with van der Waals surface area (Å²) in [5.74, 6) is 1.74. The van der Waals surface area contributed by atoms with E-state index in [0.717, 1.165) is 76.3 Å². The van der Waals surface area contributed by atoms with Crippen LogP contribution in [0.5, 0.6) is 11.5 Å². The van der Waals surface area contributed by atoms with Gasteiger partial charge in [0.05, 0.1) is 7.11 Å². The summed E-state index contributed by atoms with van der Waals surface area (Å²) in [5.41, 5.74) is 7.34. The van der Waals surface area contributed by atoms with Crippen LogP contribution in [0.3, 0.4) is 0 Å². The molecule has 4 heteroatoms. The number of fused-ring (bicyclic) bond motifs is 3. The first-order chi connectivity index (χ1) is 22.7. The zero-order valence-electron chi connectivity index (χ0n) is 26.8. The molecule has 0 saturated carbocycles. The van der Waals surface area contributed by atoms with Crippen LogP contribution in [0.15, 0.2) is 115 Å². The van der Waals surface area contributed by atoms with Gasteiger partial charge < -0.3 is 19.3 Å². The number of ether oxygens (including phenoxy) is 2. The fourth-order valence-corrected chi connectivity index (χ4v) is 7.72. The van der Waals surface area contributed by atoms with E-state index < -0.39 is 5.60 Å². The van der Waals surface area contributed by atoms with E-state index in [9.17, 15) is 0 Å². The van der Waals surface area contributed by atoms with Crippen molar-refractivity contribution in [2.45, 2.75) is 44.1 Å². The Hall–Kier alpha value is -4.70. The molecule has 0 radical (unpaired) electrons. The number of methoxy groups -OCH3 is 1. The van der Waals surface area contributed by atoms with Crippen LogP contribution in [0.2, 0.25) is 0 Å². The minimum Gasteiger partial charge on any atom is -0.496 e. The van der Waals surface area contributed by atoms with Crippen LogP contribution in [-0.4, -0.2) is 33.3 Å². The lowest BCUT2D eigenvalue weighted by Gasteiger charge is -2.39. The standard InChI is InChI=1S/C42H42N2O2/c1-45-40-29-38-39(31-13-5-2-6-14-31)30-42(46-41(38)37-16-8-7-15-36(37)40,32-17-21-34(22-18-32)43-25-9-3-10-26-43)33-19-23-35(24-20-33)44-27-11-4-12-28-44/h2,5-8,13-24,29-30H,3-4,9-12,25-28H2,1H3. The molecule has 0 spiro atoms. The molecule has 0 unspecified atom stereocenters. The highest BCUT2D eigenvalue weighted by molar-refractivity contribution is 6.01. The van der Waals surface area contributed by atoms with E-state index in [1.807, 2.05) is 0 Å². The van der Waals surface area contributed by atoms with Gasteiger partial charge in [-0.2, -0.15) is 0 Å². The average molecular weight is 607 g/mol. The van der Waals surface area contributed by atoms with Crippen LogP contribution in [0.1, 0.15) is 60.8 Å². The molecule has 8 rings (SSSR count). The third kappa shape index (κ3) is 5.10. The average Bonchev–Trinajstić information content (AvgIpc) is 3.15. The van der Waals surface area contributed by atoms with E-state index in [2.05, 4.69) is 125 Å². The van der Waals surface area contributed by atoms with Crippen LogP contribution in [0, 0.1) is 0 Å². The zero-order valence-corrected chi connectivity index (χ0v) is 26.8. The number of piperidine rings is 2. The number of nitrogens with zero attached hydrogens (tertiary/aromatic N) is 2. The van der Waals surface area contributed by atoms with E-state index in [4.69, 9.17) is 9.47 Å². The summed E-state index contributed by atoms with van der Waals surface area (Å²) in [5, 5.41) is 2.10. The van der Waals surface area contributed by atoms with Crippen molar-refractivity contribution in [1.29, 1.82) is 0 Å². The highest BCUT2D eigenvalue weighted by Gasteiger charge is 2.41. The summed E-state index contributed by atoms with van der Waals surface area (Å²) in [7, 11) is 1.75. The molecule has 0 aliphatic carbocycles. The maximum Gasteiger partial charge on any atom is 0.178 e. The fraction of sp³-hybridized carbons (Fsp3) is 0.286. The minimum atomic E-state index is -0.837. The van der Waals surface area contributed by atoms with Crippen molar-refractivity contribution in [3.8, 4) is 11.5 Å². The Morgan fingerprint density at radius 2 is 1.11 bits per heavy atom. The van der Waals surface area contributed by atoms with Crippen molar-refractivity contribution in [1.82, 2.24) is 0 Å². The first-order valence-electron chi connectivity index (χ1n) is 17.0. The Bertz CT molecular complexity index is 1790. The van der Waals surface area contributed by atoms with Gasteiger partial charge >= 0.3 is 0 Å². The molecular formula is C42H42N2O2. The summed E-state index contributed by atoms with van der Waals surface area (Å²) in [4.78, 5) is 5.05. The Morgan fingerprint density at radius 3 is 1.65 bits per heavy atom. The van der Waals surface area contributed by atoms with Gasteiger partial charge in [-0.15, -0.1) is 0 Å². The largest absolute Gasteiger partial charge is 0.496 e. The molecule has 0 amide bonds. The van der Waals surface area contributed by atoms with Gasteiger partial charge in [0.1, 0.15) is 11.5 Å². The molecule has 5 aromatic carbocycles. The van der Waals surface area contributed by atoms with Gasteiger partial charge in [0.15, 0.2) is 5.60 Å². The van der Waals surface area contributed by atoms with Crippen molar-refractivity contribution >= 4 is 27.7 Å². The quantitative estimate of drug-likeness (QED) is 0.192. The van der Waals surface area contributed by atoms with E-state index in [-0.39, 0.29) is 0 Å². The van der Waals surface area contributed by atoms with Crippen LogP contribution in [0.25, 0.3) is 16.3 Å². The summed E-state index contributed by atoms with van der Waals surface area (Å²) in [6.07, 6.45) is 10.0. The monoisotopic (exact) mass is 606 g/mol. The third-order valence-corrected chi connectivity index (χ3v) is 10.2. The van der Waals surface area contributed by atoms with Crippen molar-refractivity contribution in [2.75, 3.05) is 43.1 Å². The van der Waals surface area contributed by atoms with Gasteiger partial charge in [-0.1, -0.05) is 78.9 Å². The first kappa shape index (κ1) is 28.8. The van der Waals surface area contributed by atoms with Gasteiger partial charge in [0.2, 0.25) is 0 Å². The number of rotatable bonds is 6. The van der Waals surface area contributed by atoms with Crippen molar-refractivity contribution in [3.63, 3.8) is 0 Å². The van der Waals surface area contributed by atoms with Crippen molar-refractivity contribution < 1.29 is 9.47 Å². The van der Waals surface area contributed by atoms with Gasteiger partial charge in [-0.05, 0) is 86.1 Å². The molecule has 232 valence electrons. The van der Waals surface area contributed by atoms with Gasteiger partial charge in [0.25, 0.3) is 0 Å². The second kappa shape index (κ2) is 12.2. The molecule has 0 N–H and O–H groups in total. The van der Waals surface area contributed by atoms with Gasteiger partial charge in [-0.25, -0.2) is 0 Å². The van der Waals surface area contributed by atoms with Gasteiger partial charge in [0, 0.05) is 65.0 Å². The third-order valence-electron chi connectivity index (χ3n) is 10.2. The topological polar surface area (TPSA) is 24.9 Å². The van der Waals surface area contributed by atoms with E-state index in [0.29, 0.717) is 0 Å². The molecule has 0 aromatic heterocycles. The van der Waals surface area contributed by atoms with Crippen LogP contribution < -0.4 is 19.3 Å². The van der Waals surface area contributed by atoms with E-state index in [1.54, 1.807) is 7.11 Å². The molecule has 46 heavy (non-hydrogen) atoms. The summed E-state index contributed by atoms with van der Waals surface area (Å²) < 4.78 is 13.4. The Kier molecular flexibility index (Phi) is 7.65. The minimum absolute atomic E-state index is 0.837. The summed E-state index contributed by atoms with van der Waals surface area (Å²) in [6, 6.07) is 39.7. The predicted molar refractivity (Wildman–Crippen MR) is 190 cm³/mol. The smallest absolute Gasteiger partial charge is 0.178 e. The number of anilines is 2. The zero-order chi connectivity index (χ0) is 30.9. The predicted octanol–water partition coefficient (Wildman–Crippen LogP) is 9.60. The first-order valence-corrected chi connectivity index (χ1v) is 17.0. The molecule has 3 heterocycles. The lowest BCUT2D eigenvalue weighted by Crippen LogP contribution is -2.36. The molecule has 5 aromatic rings. The van der Waals surface area contributed by atoms with Crippen molar-refractivity contribution in [2.24, 2.45) is 0 Å². The molecule has 0 bridgehead atoms. The fourth-order valence-electron chi connectivity index (χ4n) is 7.72. The second-order valence-corrected chi connectivity index (χ2v) is 13.0. The van der Waals surface area contributed by atoms with Crippen molar-refractivity contribution in [3.05, 3.63) is 138 Å². The number of hydrogen-bond donors (Lipinski definition) is 0. The molecule has 4 nitrogen and oxygen atoms in total. The van der Waals surface area contributed by atoms with E-state index in [1.165, 1.54) is 49.9 Å². The Balaban J connectivity index is 1.34. The number of benzene rings is 5. The lowest BCUT2D eigenvalue weighted by molar-refractivity contribution is 0.162. The van der Waals surface area contributed by atoms with Crippen LogP contribution >= 0.6 is 0 Å². The highest BCUT2D eigenvalue weighted by Crippen LogP contribution is 2.51. The number of hydrogen-bond acceptors (Lipinski definition) is 4. The van der Waals surface area contributed by atoms with E-state index >= 15 is 0 Å². The molecule has 2 fully saturated rings. The highest BCUT2D eigenvalue weighted by atomic mass is 16.5. The Labute approximate surface area is 272 Å². The molecule has 2 saturated heterocycles. The lowest BCUT2D eigenvalue weighted by atomic mass is 9.79. The SMILES string of the molecule is COc1cc2c(c3ccccc13)OC(c1ccc(N3CCCCC3)cc1)(c1ccc(N3CCCCC3)cc1)C=C2c1ccccc1.